The van der Waals surface area contributed by atoms with E-state index in [4.69, 9.17) is 5.73 Å². The molecule has 0 bridgehead atoms. The van der Waals surface area contributed by atoms with Crippen molar-refractivity contribution >= 4 is 17.3 Å². The molecule has 2 N–H and O–H groups in total. The molecule has 0 aromatic heterocycles. The highest BCUT2D eigenvalue weighted by Gasteiger charge is 2.09. The Balaban J connectivity index is 2.46. The quantitative estimate of drug-likeness (QED) is 0.751. The van der Waals surface area contributed by atoms with E-state index in [0.29, 0.717) is 5.70 Å². The third kappa shape index (κ3) is 3.31. The number of rotatable bonds is 3. The molecule has 1 nitrogen and oxygen atoms in total. The fourth-order valence-corrected chi connectivity index (χ4v) is 2.67. The predicted molar refractivity (Wildman–Crippen MR) is 88.9 cm³/mol. The van der Waals surface area contributed by atoms with Crippen LogP contribution >= 0.6 is 0 Å². The molecular formula is C19H23N. The van der Waals surface area contributed by atoms with E-state index in [1.54, 1.807) is 5.57 Å². The summed E-state index contributed by atoms with van der Waals surface area (Å²) in [7, 11) is 0. The molecule has 2 rings (SSSR count). The second-order valence-corrected chi connectivity index (χ2v) is 5.49. The monoisotopic (exact) mass is 265 g/mol. The molecule has 20 heavy (non-hydrogen) atoms. The van der Waals surface area contributed by atoms with E-state index in [0.717, 1.165) is 16.7 Å². The lowest BCUT2D eigenvalue weighted by Crippen LogP contribution is -1.98. The van der Waals surface area contributed by atoms with Crippen molar-refractivity contribution in [2.75, 3.05) is 0 Å². The Kier molecular flexibility index (Phi) is 4.65. The van der Waals surface area contributed by atoms with Gasteiger partial charge in [-0.3, -0.25) is 0 Å². The maximum atomic E-state index is 5.80. The first-order chi connectivity index (χ1) is 9.61. The Labute approximate surface area is 122 Å². The van der Waals surface area contributed by atoms with Gasteiger partial charge in [-0.2, -0.15) is 0 Å². The molecule has 0 aliphatic heterocycles. The highest BCUT2D eigenvalue weighted by Crippen LogP contribution is 2.29. The minimum atomic E-state index is 0.597. The van der Waals surface area contributed by atoms with Crippen LogP contribution in [0, 0.1) is 0 Å². The summed E-state index contributed by atoms with van der Waals surface area (Å²) in [5.74, 6) is 0. The van der Waals surface area contributed by atoms with Crippen LogP contribution in [0.15, 0.2) is 42.7 Å². The van der Waals surface area contributed by atoms with Crippen molar-refractivity contribution in [3.8, 4) is 0 Å². The van der Waals surface area contributed by atoms with Crippen molar-refractivity contribution in [1.29, 1.82) is 0 Å². The molecular weight excluding hydrogens is 242 g/mol. The van der Waals surface area contributed by atoms with Crippen molar-refractivity contribution in [1.82, 2.24) is 0 Å². The predicted octanol–water partition coefficient (Wildman–Crippen LogP) is 5.15. The van der Waals surface area contributed by atoms with Crippen molar-refractivity contribution in [2.24, 2.45) is 5.73 Å². The summed E-state index contributed by atoms with van der Waals surface area (Å²) < 4.78 is 0. The lowest BCUT2D eigenvalue weighted by molar-refractivity contribution is 0.602. The molecule has 1 aliphatic carbocycles. The zero-order chi connectivity index (χ0) is 14.5. The first kappa shape index (κ1) is 14.4. The van der Waals surface area contributed by atoms with Crippen LogP contribution in [0.5, 0.6) is 0 Å². The lowest BCUT2D eigenvalue weighted by atomic mass is 9.90. The topological polar surface area (TPSA) is 26.0 Å². The SMILES string of the molecule is C=C=C(C)c1cc(C(=C)N)ccc1C=C1CCCCC1. The third-order valence-corrected chi connectivity index (χ3v) is 3.95. The van der Waals surface area contributed by atoms with E-state index in [1.165, 1.54) is 37.7 Å². The Morgan fingerprint density at radius 1 is 1.25 bits per heavy atom. The highest BCUT2D eigenvalue weighted by molar-refractivity contribution is 5.77. The van der Waals surface area contributed by atoms with Gasteiger partial charge >= 0.3 is 0 Å². The minimum Gasteiger partial charge on any atom is -0.399 e. The maximum absolute atomic E-state index is 5.80. The minimum absolute atomic E-state index is 0.597. The third-order valence-electron chi connectivity index (χ3n) is 3.95. The van der Waals surface area contributed by atoms with Gasteiger partial charge in [0.2, 0.25) is 0 Å². The largest absolute Gasteiger partial charge is 0.399 e. The molecule has 104 valence electrons. The van der Waals surface area contributed by atoms with E-state index in [-0.39, 0.29) is 0 Å². The van der Waals surface area contributed by atoms with Gasteiger partial charge in [-0.1, -0.05) is 43.4 Å². The van der Waals surface area contributed by atoms with E-state index in [9.17, 15) is 0 Å². The molecule has 0 heterocycles. The van der Waals surface area contributed by atoms with Crippen LogP contribution < -0.4 is 5.73 Å². The normalized spacial score (nSPS) is 14.6. The van der Waals surface area contributed by atoms with Gasteiger partial charge in [-0.25, -0.2) is 0 Å². The van der Waals surface area contributed by atoms with Gasteiger partial charge in [-0.05, 0) is 60.9 Å². The second kappa shape index (κ2) is 6.45. The van der Waals surface area contributed by atoms with Crippen molar-refractivity contribution < 1.29 is 0 Å². The Morgan fingerprint density at radius 3 is 2.55 bits per heavy atom. The molecule has 1 aromatic rings. The number of allylic oxidation sites excluding steroid dienone is 2. The van der Waals surface area contributed by atoms with Gasteiger partial charge in [0.15, 0.2) is 0 Å². The Morgan fingerprint density at radius 2 is 1.95 bits per heavy atom. The van der Waals surface area contributed by atoms with E-state index in [2.05, 4.69) is 37.1 Å². The fourth-order valence-electron chi connectivity index (χ4n) is 2.67. The highest BCUT2D eigenvalue weighted by atomic mass is 14.6. The van der Waals surface area contributed by atoms with Crippen molar-refractivity contribution in [3.63, 3.8) is 0 Å². The molecule has 0 atom stereocenters. The Hall–Kier alpha value is -1.98. The number of benzene rings is 1. The summed E-state index contributed by atoms with van der Waals surface area (Å²) in [6, 6.07) is 6.26. The van der Waals surface area contributed by atoms with Crippen LogP contribution in [-0.4, -0.2) is 0 Å². The zero-order valence-corrected chi connectivity index (χ0v) is 12.3. The van der Waals surface area contributed by atoms with Crippen LogP contribution in [0.3, 0.4) is 0 Å². The van der Waals surface area contributed by atoms with Gasteiger partial charge in [0.1, 0.15) is 0 Å². The Bertz CT molecular complexity index is 590. The smallest absolute Gasteiger partial charge is 0.0314 e. The molecule has 0 amide bonds. The van der Waals surface area contributed by atoms with E-state index in [1.807, 2.05) is 13.0 Å². The van der Waals surface area contributed by atoms with Crippen LogP contribution in [0.1, 0.15) is 55.7 Å². The summed E-state index contributed by atoms with van der Waals surface area (Å²) in [6.45, 7) is 9.61. The van der Waals surface area contributed by atoms with Crippen LogP contribution in [0.2, 0.25) is 0 Å². The average Bonchev–Trinajstić information content (AvgIpc) is 2.47. The zero-order valence-electron chi connectivity index (χ0n) is 12.3. The van der Waals surface area contributed by atoms with Crippen molar-refractivity contribution in [2.45, 2.75) is 39.0 Å². The molecule has 0 spiro atoms. The molecule has 1 aliphatic rings. The van der Waals surface area contributed by atoms with E-state index >= 15 is 0 Å². The van der Waals surface area contributed by atoms with Gasteiger partial charge in [0.05, 0.1) is 0 Å². The summed E-state index contributed by atoms with van der Waals surface area (Å²) in [5.41, 5.74) is 15.4. The van der Waals surface area contributed by atoms with Gasteiger partial charge in [0.25, 0.3) is 0 Å². The molecule has 1 heteroatoms. The molecule has 1 fully saturated rings. The maximum Gasteiger partial charge on any atom is 0.0314 e. The summed E-state index contributed by atoms with van der Waals surface area (Å²) in [6.07, 6.45) is 8.77. The second-order valence-electron chi connectivity index (χ2n) is 5.49. The number of hydrogen-bond acceptors (Lipinski definition) is 1. The molecule has 1 saturated carbocycles. The number of hydrogen-bond donors (Lipinski definition) is 1. The van der Waals surface area contributed by atoms with Crippen LogP contribution in [0.4, 0.5) is 0 Å². The lowest BCUT2D eigenvalue weighted by Gasteiger charge is -2.15. The first-order valence-electron chi connectivity index (χ1n) is 7.27. The molecule has 0 radical (unpaired) electrons. The molecule has 1 aromatic carbocycles. The number of nitrogens with two attached hydrogens (primary N) is 1. The van der Waals surface area contributed by atoms with Gasteiger partial charge in [0, 0.05) is 5.70 Å². The fraction of sp³-hybridized carbons (Fsp3) is 0.316. The van der Waals surface area contributed by atoms with E-state index < -0.39 is 0 Å². The average molecular weight is 265 g/mol. The standard InChI is InChI=1S/C19H23N/c1-4-14(2)19-13-17(15(3)20)10-11-18(19)12-16-8-6-5-7-9-16/h10-13H,1,3,5-9,20H2,2H3. The molecule has 0 unspecified atom stereocenters. The van der Waals surface area contributed by atoms with Crippen LogP contribution in [0.25, 0.3) is 17.3 Å². The van der Waals surface area contributed by atoms with Gasteiger partial charge < -0.3 is 5.73 Å². The summed E-state index contributed by atoms with van der Waals surface area (Å²) in [5, 5.41) is 0. The van der Waals surface area contributed by atoms with Crippen LogP contribution in [-0.2, 0) is 0 Å². The summed E-state index contributed by atoms with van der Waals surface area (Å²) >= 11 is 0. The van der Waals surface area contributed by atoms with Gasteiger partial charge in [-0.15, -0.1) is 5.73 Å². The summed E-state index contributed by atoms with van der Waals surface area (Å²) in [4.78, 5) is 0. The van der Waals surface area contributed by atoms with Crippen molar-refractivity contribution in [3.05, 3.63) is 59.4 Å². The first-order valence-corrected chi connectivity index (χ1v) is 7.27. The molecule has 0 saturated heterocycles.